The Morgan fingerprint density at radius 3 is 2.82 bits per heavy atom. The molecule has 50 heavy (non-hydrogen) atoms. The zero-order valence-corrected chi connectivity index (χ0v) is 28.7. The molecule has 4 atom stereocenters. The summed E-state index contributed by atoms with van der Waals surface area (Å²) in [5.74, 6) is 1.12. The summed E-state index contributed by atoms with van der Waals surface area (Å²) in [5.41, 5.74) is 3.09. The first-order chi connectivity index (χ1) is 24.5. The number of rotatable bonds is 8. The second-order valence-corrected chi connectivity index (χ2v) is 13.9. The van der Waals surface area contributed by atoms with Gasteiger partial charge >= 0.3 is 6.01 Å². The van der Waals surface area contributed by atoms with E-state index >= 15 is 0 Å². The van der Waals surface area contributed by atoms with Crippen LogP contribution in [0.5, 0.6) is 11.9 Å². The number of hydrogen-bond acceptors (Lipinski definition) is 10. The highest BCUT2D eigenvalue weighted by atomic mass is 16.5. The molecule has 2 aromatic carbocycles. The highest BCUT2D eigenvalue weighted by Gasteiger charge is 2.35. The maximum Gasteiger partial charge on any atom is 0.321 e. The van der Waals surface area contributed by atoms with Crippen LogP contribution >= 0.6 is 0 Å². The Labute approximate surface area is 292 Å². The summed E-state index contributed by atoms with van der Waals surface area (Å²) in [6, 6.07) is 13.3. The topological polar surface area (TPSA) is 122 Å². The maximum absolute atomic E-state index is 12.6. The first-order valence-corrected chi connectivity index (χ1v) is 18.0. The van der Waals surface area contributed by atoms with Gasteiger partial charge in [-0.1, -0.05) is 30.8 Å². The number of carbonyl (C=O) groups is 1. The van der Waals surface area contributed by atoms with Crippen molar-refractivity contribution < 1.29 is 19.0 Å². The van der Waals surface area contributed by atoms with Crippen LogP contribution in [-0.4, -0.2) is 94.0 Å². The van der Waals surface area contributed by atoms with Crippen LogP contribution < -0.4 is 14.4 Å². The van der Waals surface area contributed by atoms with E-state index in [9.17, 15) is 10.1 Å². The molecule has 0 N–H and O–H groups in total. The molecule has 6 heterocycles. The lowest BCUT2D eigenvalue weighted by molar-refractivity contribution is -0.128. The van der Waals surface area contributed by atoms with Crippen molar-refractivity contribution >= 4 is 33.4 Å². The lowest BCUT2D eigenvalue weighted by Gasteiger charge is -2.41. The molecule has 2 unspecified atom stereocenters. The van der Waals surface area contributed by atoms with Crippen LogP contribution in [0.2, 0.25) is 0 Å². The second-order valence-electron chi connectivity index (χ2n) is 13.9. The van der Waals surface area contributed by atoms with E-state index < -0.39 is 0 Å². The number of benzene rings is 2. The standard InChI is InChI=1S/C38H44N8O4/c1-3-33(47)45-20-19-44(23-26(45)16-17-39)36-29-13-15-32(50-37(29)42-38(41-36)49-24-27-9-7-18-43(27)2)28-10-6-8-25-12-14-31-30(35(25)28)22-40-46(31)34-11-4-5-21-48-34/h3,6,8,10,12,14,22,26-27,32,34H,1,4-5,7,9,11,13,15-16,18-21,23-24H2,2H3/t26-,27-,32?,34?/m0/s1. The van der Waals surface area contributed by atoms with Gasteiger partial charge in [-0.15, -0.1) is 0 Å². The number of carbonyl (C=O) groups excluding carboxylic acids is 1. The fraction of sp³-hybridized carbons (Fsp3) is 0.500. The number of nitrogens with zero attached hydrogens (tertiary/aromatic N) is 8. The first-order valence-electron chi connectivity index (χ1n) is 18.0. The van der Waals surface area contributed by atoms with E-state index in [1.54, 1.807) is 4.90 Å². The number of aromatic nitrogens is 4. The highest BCUT2D eigenvalue weighted by Crippen LogP contribution is 2.43. The van der Waals surface area contributed by atoms with Crippen molar-refractivity contribution in [2.45, 2.75) is 75.8 Å². The molecular formula is C38H44N8O4. The number of nitriles is 1. The van der Waals surface area contributed by atoms with Gasteiger partial charge in [-0.3, -0.25) is 4.79 Å². The Balaban J connectivity index is 1.14. The Bertz CT molecular complexity index is 1950. The molecular weight excluding hydrogens is 632 g/mol. The SMILES string of the molecule is C=CC(=O)N1CCN(c2nc(OC[C@@H]3CCCN3C)nc3c2CCC(c2cccc4ccc5c(cnn5C5CCCCO5)c24)O3)C[C@@H]1CC#N. The first kappa shape index (κ1) is 32.5. The number of ether oxygens (including phenoxy) is 3. The van der Waals surface area contributed by atoms with Crippen molar-refractivity contribution in [3.05, 3.63) is 60.3 Å². The van der Waals surface area contributed by atoms with Crippen LogP contribution in [-0.2, 0) is 16.0 Å². The molecule has 3 fully saturated rings. The lowest BCUT2D eigenvalue weighted by atomic mass is 9.93. The fourth-order valence-electron chi connectivity index (χ4n) is 8.21. The smallest absolute Gasteiger partial charge is 0.321 e. The summed E-state index contributed by atoms with van der Waals surface area (Å²) in [6.07, 6.45) is 10.1. The highest BCUT2D eigenvalue weighted by molar-refractivity contribution is 6.08. The molecule has 4 aliphatic rings. The van der Waals surface area contributed by atoms with E-state index in [1.807, 2.05) is 10.9 Å². The van der Waals surface area contributed by atoms with Crippen molar-refractivity contribution in [2.75, 3.05) is 51.3 Å². The Kier molecular flexibility index (Phi) is 9.02. The molecule has 4 aromatic rings. The number of fused-ring (bicyclic) bond motifs is 4. The van der Waals surface area contributed by atoms with E-state index in [4.69, 9.17) is 29.3 Å². The van der Waals surface area contributed by atoms with Crippen molar-refractivity contribution in [3.63, 3.8) is 0 Å². The van der Waals surface area contributed by atoms with Gasteiger partial charge in [0.15, 0.2) is 6.23 Å². The number of anilines is 1. The van der Waals surface area contributed by atoms with Crippen LogP contribution in [0.4, 0.5) is 5.82 Å². The molecule has 12 nitrogen and oxygen atoms in total. The van der Waals surface area contributed by atoms with Gasteiger partial charge in [0.1, 0.15) is 18.5 Å². The maximum atomic E-state index is 12.6. The molecule has 1 amide bonds. The van der Waals surface area contributed by atoms with E-state index in [2.05, 4.69) is 59.8 Å². The normalized spacial score (nSPS) is 24.2. The lowest BCUT2D eigenvalue weighted by Crippen LogP contribution is -2.55. The van der Waals surface area contributed by atoms with Crippen LogP contribution in [0.15, 0.2) is 49.2 Å². The van der Waals surface area contributed by atoms with Gasteiger partial charge < -0.3 is 28.9 Å². The minimum absolute atomic E-state index is 0.0502. The number of hydrogen-bond donors (Lipinski definition) is 0. The van der Waals surface area contributed by atoms with E-state index in [1.165, 1.54) is 6.08 Å². The van der Waals surface area contributed by atoms with Gasteiger partial charge in [0.05, 0.1) is 35.8 Å². The van der Waals surface area contributed by atoms with E-state index in [0.29, 0.717) is 44.6 Å². The molecule has 0 aliphatic carbocycles. The minimum Gasteiger partial charge on any atom is -0.469 e. The summed E-state index contributed by atoms with van der Waals surface area (Å²) in [7, 11) is 2.13. The summed E-state index contributed by atoms with van der Waals surface area (Å²) in [4.78, 5) is 28.7. The quantitative estimate of drug-likeness (QED) is 0.226. The van der Waals surface area contributed by atoms with E-state index in [-0.39, 0.29) is 36.7 Å². The van der Waals surface area contributed by atoms with Crippen LogP contribution in [0.25, 0.3) is 21.7 Å². The third-order valence-corrected chi connectivity index (χ3v) is 10.9. The molecule has 0 radical (unpaired) electrons. The van der Waals surface area contributed by atoms with Gasteiger partial charge in [0, 0.05) is 43.2 Å². The molecule has 260 valence electrons. The van der Waals surface area contributed by atoms with Gasteiger partial charge in [-0.25, -0.2) is 4.68 Å². The van der Waals surface area contributed by atoms with Crippen molar-refractivity contribution in [1.82, 2.24) is 29.5 Å². The summed E-state index contributed by atoms with van der Waals surface area (Å²) >= 11 is 0. The summed E-state index contributed by atoms with van der Waals surface area (Å²) in [5, 5.41) is 17.8. The zero-order chi connectivity index (χ0) is 34.2. The zero-order valence-electron chi connectivity index (χ0n) is 28.7. The largest absolute Gasteiger partial charge is 0.469 e. The average Bonchev–Trinajstić information content (AvgIpc) is 3.79. The van der Waals surface area contributed by atoms with Crippen molar-refractivity contribution in [1.29, 1.82) is 5.26 Å². The molecule has 3 saturated heterocycles. The van der Waals surface area contributed by atoms with Crippen molar-refractivity contribution in [3.8, 4) is 18.0 Å². The molecule has 0 saturated carbocycles. The van der Waals surface area contributed by atoms with E-state index in [0.717, 1.165) is 90.3 Å². The monoisotopic (exact) mass is 676 g/mol. The van der Waals surface area contributed by atoms with Crippen molar-refractivity contribution in [2.24, 2.45) is 0 Å². The Hall–Kier alpha value is -4.73. The van der Waals surface area contributed by atoms with Crippen LogP contribution in [0.3, 0.4) is 0 Å². The summed E-state index contributed by atoms with van der Waals surface area (Å²) in [6.45, 7) is 7.48. The third kappa shape index (κ3) is 6.03. The Morgan fingerprint density at radius 2 is 2.02 bits per heavy atom. The van der Waals surface area contributed by atoms with Crippen LogP contribution in [0, 0.1) is 11.3 Å². The van der Waals surface area contributed by atoms with Gasteiger partial charge in [0.25, 0.3) is 0 Å². The third-order valence-electron chi connectivity index (χ3n) is 10.9. The molecule has 0 bridgehead atoms. The number of likely N-dealkylation sites (tertiary alicyclic amines) is 1. The van der Waals surface area contributed by atoms with Gasteiger partial charge in [-0.2, -0.15) is 20.3 Å². The fourth-order valence-corrected chi connectivity index (χ4v) is 8.21. The number of piperazine rings is 1. The summed E-state index contributed by atoms with van der Waals surface area (Å²) < 4.78 is 21.3. The molecule has 4 aliphatic heterocycles. The minimum atomic E-state index is -0.281. The second kappa shape index (κ2) is 13.9. The molecule has 0 spiro atoms. The predicted octanol–water partition coefficient (Wildman–Crippen LogP) is 5.33. The number of amides is 1. The number of likely N-dealkylation sites (N-methyl/N-ethyl adjacent to an activating group) is 1. The predicted molar refractivity (Wildman–Crippen MR) is 189 cm³/mol. The Morgan fingerprint density at radius 1 is 1.10 bits per heavy atom. The van der Waals surface area contributed by atoms with Gasteiger partial charge in [-0.05, 0) is 81.5 Å². The van der Waals surface area contributed by atoms with Crippen LogP contribution in [0.1, 0.15) is 68.4 Å². The molecule has 8 rings (SSSR count). The molecule has 12 heteroatoms. The van der Waals surface area contributed by atoms with Gasteiger partial charge in [0.2, 0.25) is 11.8 Å². The molecule has 2 aromatic heterocycles. The average molecular weight is 677 g/mol.